The minimum Gasteiger partial charge on any atom is -0.378 e. The summed E-state index contributed by atoms with van der Waals surface area (Å²) in [6, 6.07) is 10.2. The highest BCUT2D eigenvalue weighted by molar-refractivity contribution is 5.14. The minimum atomic E-state index is -0.319. The number of aliphatic hydroxyl groups excluding tert-OH is 1. The number of nitrogens with zero attached hydrogens (tertiary/aromatic N) is 1. The molecule has 0 saturated carbocycles. The van der Waals surface area contributed by atoms with Crippen molar-refractivity contribution in [1.29, 1.82) is 0 Å². The Hall–Kier alpha value is -0.860. The van der Waals surface area contributed by atoms with E-state index < -0.39 is 0 Å². The monoisotopic (exact) mass is 193 g/mol. The molecule has 0 aliphatic heterocycles. The van der Waals surface area contributed by atoms with E-state index in [-0.39, 0.29) is 6.23 Å². The molecule has 78 valence electrons. The molecule has 0 saturated heterocycles. The molecule has 0 spiro atoms. The minimum absolute atomic E-state index is 0.319. The maximum Gasteiger partial charge on any atom is 0.107 e. The van der Waals surface area contributed by atoms with Crippen LogP contribution in [0.1, 0.15) is 25.8 Å². The van der Waals surface area contributed by atoms with Crippen LogP contribution in [-0.2, 0) is 6.54 Å². The van der Waals surface area contributed by atoms with Gasteiger partial charge in [-0.15, -0.1) is 0 Å². The standard InChI is InChI=1S/C12H19NO/c1-3-12(14)13(4-2)10-11-8-6-5-7-9-11/h5-9,12,14H,3-4,10H2,1-2H3. The van der Waals surface area contributed by atoms with Crippen molar-refractivity contribution < 1.29 is 5.11 Å². The van der Waals surface area contributed by atoms with E-state index in [1.165, 1.54) is 5.56 Å². The lowest BCUT2D eigenvalue weighted by Gasteiger charge is -2.25. The quantitative estimate of drug-likeness (QED) is 0.725. The van der Waals surface area contributed by atoms with E-state index in [0.717, 1.165) is 19.5 Å². The molecule has 1 aromatic rings. The van der Waals surface area contributed by atoms with Crippen LogP contribution in [0.25, 0.3) is 0 Å². The molecule has 0 radical (unpaired) electrons. The molecule has 0 fully saturated rings. The lowest BCUT2D eigenvalue weighted by molar-refractivity contribution is -0.00102. The average molecular weight is 193 g/mol. The Morgan fingerprint density at radius 3 is 2.36 bits per heavy atom. The molecule has 1 N–H and O–H groups in total. The topological polar surface area (TPSA) is 23.5 Å². The third-order valence-electron chi connectivity index (χ3n) is 2.42. The number of aliphatic hydroxyl groups is 1. The van der Waals surface area contributed by atoms with Crippen LogP contribution >= 0.6 is 0 Å². The molecule has 2 nitrogen and oxygen atoms in total. The zero-order chi connectivity index (χ0) is 10.4. The highest BCUT2D eigenvalue weighted by atomic mass is 16.3. The van der Waals surface area contributed by atoms with Crippen LogP contribution in [0, 0.1) is 0 Å². The average Bonchev–Trinajstić information content (AvgIpc) is 2.26. The van der Waals surface area contributed by atoms with Crippen molar-refractivity contribution in [2.24, 2.45) is 0 Å². The first kappa shape index (κ1) is 11.2. The van der Waals surface area contributed by atoms with E-state index in [9.17, 15) is 5.11 Å². The molecule has 0 amide bonds. The van der Waals surface area contributed by atoms with Crippen molar-refractivity contribution in [2.45, 2.75) is 33.0 Å². The van der Waals surface area contributed by atoms with Gasteiger partial charge in [0.1, 0.15) is 6.23 Å². The first-order valence-electron chi connectivity index (χ1n) is 5.24. The van der Waals surface area contributed by atoms with E-state index in [4.69, 9.17) is 0 Å². The SMILES string of the molecule is CCC(O)N(CC)Cc1ccccc1. The third kappa shape index (κ3) is 3.13. The van der Waals surface area contributed by atoms with Gasteiger partial charge in [-0.25, -0.2) is 0 Å². The summed E-state index contributed by atoms with van der Waals surface area (Å²) < 4.78 is 0. The zero-order valence-electron chi connectivity index (χ0n) is 8.98. The van der Waals surface area contributed by atoms with Crippen LogP contribution in [0.15, 0.2) is 30.3 Å². The lowest BCUT2D eigenvalue weighted by Crippen LogP contribution is -2.33. The smallest absolute Gasteiger partial charge is 0.107 e. The van der Waals surface area contributed by atoms with Crippen molar-refractivity contribution in [3.8, 4) is 0 Å². The van der Waals surface area contributed by atoms with Crippen molar-refractivity contribution in [2.75, 3.05) is 6.54 Å². The van der Waals surface area contributed by atoms with Gasteiger partial charge in [0.25, 0.3) is 0 Å². The fraction of sp³-hybridized carbons (Fsp3) is 0.500. The van der Waals surface area contributed by atoms with Gasteiger partial charge >= 0.3 is 0 Å². The number of hydrogen-bond acceptors (Lipinski definition) is 2. The first-order chi connectivity index (χ1) is 6.77. The summed E-state index contributed by atoms with van der Waals surface area (Å²) in [5, 5.41) is 9.70. The summed E-state index contributed by atoms with van der Waals surface area (Å²) in [5.74, 6) is 0. The van der Waals surface area contributed by atoms with Gasteiger partial charge in [0.2, 0.25) is 0 Å². The first-order valence-corrected chi connectivity index (χ1v) is 5.24. The zero-order valence-corrected chi connectivity index (χ0v) is 8.98. The summed E-state index contributed by atoms with van der Waals surface area (Å²) >= 11 is 0. The number of hydrogen-bond donors (Lipinski definition) is 1. The summed E-state index contributed by atoms with van der Waals surface area (Å²) in [5.41, 5.74) is 1.25. The lowest BCUT2D eigenvalue weighted by atomic mass is 10.2. The van der Waals surface area contributed by atoms with E-state index in [1.807, 2.05) is 25.1 Å². The third-order valence-corrected chi connectivity index (χ3v) is 2.42. The molecule has 0 aromatic heterocycles. The van der Waals surface area contributed by atoms with Crippen molar-refractivity contribution in [1.82, 2.24) is 4.90 Å². The Morgan fingerprint density at radius 1 is 1.21 bits per heavy atom. The Morgan fingerprint density at radius 2 is 1.86 bits per heavy atom. The molecular weight excluding hydrogens is 174 g/mol. The van der Waals surface area contributed by atoms with Gasteiger partial charge in [-0.3, -0.25) is 4.90 Å². The van der Waals surface area contributed by atoms with Crippen LogP contribution in [-0.4, -0.2) is 22.8 Å². The van der Waals surface area contributed by atoms with Gasteiger partial charge in [0.05, 0.1) is 0 Å². The van der Waals surface area contributed by atoms with Crippen LogP contribution in [0.2, 0.25) is 0 Å². The largest absolute Gasteiger partial charge is 0.378 e. The van der Waals surface area contributed by atoms with E-state index in [0.29, 0.717) is 0 Å². The molecule has 0 aliphatic rings. The summed E-state index contributed by atoms with van der Waals surface area (Å²) in [7, 11) is 0. The molecule has 1 rings (SSSR count). The van der Waals surface area contributed by atoms with E-state index in [2.05, 4.69) is 24.0 Å². The predicted molar refractivity (Wildman–Crippen MR) is 58.8 cm³/mol. The molecule has 1 aromatic carbocycles. The Kier molecular flexibility index (Phi) is 4.63. The Balaban J connectivity index is 2.57. The highest BCUT2D eigenvalue weighted by Crippen LogP contribution is 2.08. The fourth-order valence-electron chi connectivity index (χ4n) is 1.50. The van der Waals surface area contributed by atoms with Gasteiger partial charge in [-0.05, 0) is 18.5 Å². The number of benzene rings is 1. The van der Waals surface area contributed by atoms with Gasteiger partial charge in [0.15, 0.2) is 0 Å². The maximum atomic E-state index is 9.70. The van der Waals surface area contributed by atoms with Gasteiger partial charge in [-0.2, -0.15) is 0 Å². The maximum absolute atomic E-state index is 9.70. The molecule has 0 aliphatic carbocycles. The molecule has 14 heavy (non-hydrogen) atoms. The summed E-state index contributed by atoms with van der Waals surface area (Å²) in [4.78, 5) is 2.06. The molecular formula is C12H19NO. The second-order valence-electron chi connectivity index (χ2n) is 3.44. The molecule has 0 bridgehead atoms. The van der Waals surface area contributed by atoms with Crippen molar-refractivity contribution in [3.63, 3.8) is 0 Å². The van der Waals surface area contributed by atoms with Crippen LogP contribution < -0.4 is 0 Å². The van der Waals surface area contributed by atoms with Gasteiger partial charge < -0.3 is 5.11 Å². The van der Waals surface area contributed by atoms with Crippen molar-refractivity contribution >= 4 is 0 Å². The Labute approximate surface area is 86.2 Å². The van der Waals surface area contributed by atoms with E-state index >= 15 is 0 Å². The van der Waals surface area contributed by atoms with Gasteiger partial charge in [0, 0.05) is 6.54 Å². The fourth-order valence-corrected chi connectivity index (χ4v) is 1.50. The molecule has 1 atom stereocenters. The Bertz CT molecular complexity index is 248. The molecule has 0 heterocycles. The van der Waals surface area contributed by atoms with Crippen LogP contribution in [0.3, 0.4) is 0 Å². The summed E-state index contributed by atoms with van der Waals surface area (Å²) in [6.45, 7) is 5.77. The van der Waals surface area contributed by atoms with Crippen molar-refractivity contribution in [3.05, 3.63) is 35.9 Å². The molecule has 1 unspecified atom stereocenters. The molecule has 2 heteroatoms. The van der Waals surface area contributed by atoms with Crippen LogP contribution in [0.5, 0.6) is 0 Å². The predicted octanol–water partition coefficient (Wildman–Crippen LogP) is 2.24. The second-order valence-corrected chi connectivity index (χ2v) is 3.44. The summed E-state index contributed by atoms with van der Waals surface area (Å²) in [6.07, 6.45) is 0.459. The second kappa shape index (κ2) is 5.78. The number of rotatable bonds is 5. The van der Waals surface area contributed by atoms with Crippen LogP contribution in [0.4, 0.5) is 0 Å². The van der Waals surface area contributed by atoms with Gasteiger partial charge in [-0.1, -0.05) is 44.2 Å². The normalized spacial score (nSPS) is 13.1. The highest BCUT2D eigenvalue weighted by Gasteiger charge is 2.11. The van der Waals surface area contributed by atoms with E-state index in [1.54, 1.807) is 0 Å².